The lowest BCUT2D eigenvalue weighted by Gasteiger charge is -2.32. The van der Waals surface area contributed by atoms with Crippen molar-refractivity contribution in [3.8, 4) is 0 Å². The van der Waals surface area contributed by atoms with Crippen LogP contribution in [0, 0.1) is 0 Å². The van der Waals surface area contributed by atoms with Crippen molar-refractivity contribution in [2.24, 2.45) is 7.05 Å². The molecule has 0 aliphatic carbocycles. The minimum absolute atomic E-state index is 0.177. The summed E-state index contributed by atoms with van der Waals surface area (Å²) in [7, 11) is 1.92. The van der Waals surface area contributed by atoms with Gasteiger partial charge >= 0.3 is 6.09 Å². The van der Waals surface area contributed by atoms with E-state index in [1.165, 1.54) is 0 Å². The van der Waals surface area contributed by atoms with Gasteiger partial charge in [-0.3, -0.25) is 4.90 Å². The Hall–Kier alpha value is -1.27. The maximum absolute atomic E-state index is 11.8. The first-order chi connectivity index (χ1) is 10.2. The van der Waals surface area contributed by atoms with Crippen molar-refractivity contribution in [3.63, 3.8) is 0 Å². The summed E-state index contributed by atoms with van der Waals surface area (Å²) in [6.45, 7) is 8.23. The van der Waals surface area contributed by atoms with Crippen LogP contribution < -0.4 is 5.32 Å². The number of rotatable bonds is 3. The molecule has 0 spiro atoms. The fraction of sp³-hybridized carbons (Fsp3) is 0.733. The van der Waals surface area contributed by atoms with E-state index in [9.17, 15) is 4.79 Å². The lowest BCUT2D eigenvalue weighted by atomic mass is 10.1. The zero-order valence-corrected chi connectivity index (χ0v) is 14.5. The lowest BCUT2D eigenvalue weighted by Crippen LogP contribution is -2.46. The molecular formula is C15H25ClN4O2. The first-order valence-electron chi connectivity index (χ1n) is 7.62. The predicted molar refractivity (Wildman–Crippen MR) is 85.9 cm³/mol. The third-order valence-corrected chi connectivity index (χ3v) is 4.05. The molecule has 1 amide bonds. The zero-order chi connectivity index (χ0) is 16.3. The molecule has 2 heterocycles. The second-order valence-corrected chi connectivity index (χ2v) is 7.14. The molecule has 1 N–H and O–H groups in total. The largest absolute Gasteiger partial charge is 0.444 e. The standard InChI is InChI=1S/C15H25ClN4O2/c1-15(2,3)22-14(21)18-11-5-7-20(8-6-11)10-13-17-9-12(16)19(13)4/h9,11H,5-8,10H2,1-4H3,(H,18,21). The van der Waals surface area contributed by atoms with E-state index in [4.69, 9.17) is 16.3 Å². The number of nitrogens with zero attached hydrogens (tertiary/aromatic N) is 3. The molecule has 1 aromatic rings. The summed E-state index contributed by atoms with van der Waals surface area (Å²) >= 11 is 6.00. The summed E-state index contributed by atoms with van der Waals surface area (Å²) in [4.78, 5) is 18.4. The Kier molecular flexibility index (Phi) is 5.34. The third kappa shape index (κ3) is 4.88. The fourth-order valence-corrected chi connectivity index (χ4v) is 2.63. The molecule has 0 bridgehead atoms. The summed E-state index contributed by atoms with van der Waals surface area (Å²) in [5.41, 5.74) is -0.456. The average molecular weight is 329 g/mol. The number of ether oxygens (including phenoxy) is 1. The van der Waals surface area contributed by atoms with Gasteiger partial charge < -0.3 is 14.6 Å². The van der Waals surface area contributed by atoms with E-state index < -0.39 is 5.60 Å². The normalized spacial score (nSPS) is 17.5. The van der Waals surface area contributed by atoms with E-state index in [1.807, 2.05) is 32.4 Å². The van der Waals surface area contributed by atoms with E-state index >= 15 is 0 Å². The quantitative estimate of drug-likeness (QED) is 0.926. The highest BCUT2D eigenvalue weighted by atomic mass is 35.5. The van der Waals surface area contributed by atoms with Gasteiger partial charge in [-0.15, -0.1) is 0 Å². The zero-order valence-electron chi connectivity index (χ0n) is 13.7. The first-order valence-corrected chi connectivity index (χ1v) is 8.00. The van der Waals surface area contributed by atoms with Gasteiger partial charge in [-0.05, 0) is 33.6 Å². The molecule has 0 atom stereocenters. The number of aromatic nitrogens is 2. The van der Waals surface area contributed by atoms with Crippen molar-refractivity contribution in [1.29, 1.82) is 0 Å². The molecule has 22 heavy (non-hydrogen) atoms. The number of carbonyl (C=O) groups is 1. The summed E-state index contributed by atoms with van der Waals surface area (Å²) in [6, 6.07) is 0.177. The number of hydrogen-bond acceptors (Lipinski definition) is 4. The van der Waals surface area contributed by atoms with Gasteiger partial charge in [0.1, 0.15) is 16.6 Å². The molecule has 6 nitrogen and oxygen atoms in total. The number of amides is 1. The second-order valence-electron chi connectivity index (χ2n) is 6.75. The topological polar surface area (TPSA) is 59.4 Å². The average Bonchev–Trinajstić information content (AvgIpc) is 2.71. The van der Waals surface area contributed by atoms with Gasteiger partial charge in [0.2, 0.25) is 0 Å². The van der Waals surface area contributed by atoms with Gasteiger partial charge in [0, 0.05) is 26.2 Å². The molecular weight excluding hydrogens is 304 g/mol. The van der Waals surface area contributed by atoms with Gasteiger partial charge in [-0.1, -0.05) is 11.6 Å². The van der Waals surface area contributed by atoms with Crippen LogP contribution in [0.1, 0.15) is 39.4 Å². The van der Waals surface area contributed by atoms with Crippen LogP contribution in [0.3, 0.4) is 0 Å². The number of halogens is 1. The van der Waals surface area contributed by atoms with Gasteiger partial charge in [-0.2, -0.15) is 0 Å². The number of carbonyl (C=O) groups excluding carboxylic acids is 1. The van der Waals surface area contributed by atoms with Crippen molar-refractivity contribution in [1.82, 2.24) is 19.8 Å². The van der Waals surface area contributed by atoms with Crippen LogP contribution in [0.5, 0.6) is 0 Å². The molecule has 1 aliphatic heterocycles. The van der Waals surface area contributed by atoms with Crippen LogP contribution in [0.15, 0.2) is 6.20 Å². The number of likely N-dealkylation sites (tertiary alicyclic amines) is 1. The van der Waals surface area contributed by atoms with Gasteiger partial charge in [0.25, 0.3) is 0 Å². The van der Waals surface area contributed by atoms with Crippen LogP contribution in [0.2, 0.25) is 5.15 Å². The van der Waals surface area contributed by atoms with Crippen LogP contribution in [0.25, 0.3) is 0 Å². The summed E-state index contributed by atoms with van der Waals surface area (Å²) < 4.78 is 7.19. The number of piperidine rings is 1. The Labute approximate surface area is 136 Å². The van der Waals surface area contributed by atoms with E-state index in [0.717, 1.165) is 38.3 Å². The van der Waals surface area contributed by atoms with Gasteiger partial charge in [-0.25, -0.2) is 9.78 Å². The molecule has 1 fully saturated rings. The molecule has 124 valence electrons. The predicted octanol–water partition coefficient (Wildman–Crippen LogP) is 2.56. The number of imidazole rings is 1. The smallest absolute Gasteiger partial charge is 0.407 e. The van der Waals surface area contributed by atoms with Crippen molar-refractivity contribution < 1.29 is 9.53 Å². The maximum Gasteiger partial charge on any atom is 0.407 e. The lowest BCUT2D eigenvalue weighted by molar-refractivity contribution is 0.0477. The molecule has 0 aromatic carbocycles. The Morgan fingerprint density at radius 2 is 2.09 bits per heavy atom. The molecule has 2 rings (SSSR count). The van der Waals surface area contributed by atoms with Crippen molar-refractivity contribution >= 4 is 17.7 Å². The van der Waals surface area contributed by atoms with Crippen molar-refractivity contribution in [3.05, 3.63) is 17.2 Å². The minimum Gasteiger partial charge on any atom is -0.444 e. The van der Waals surface area contributed by atoms with Crippen molar-refractivity contribution in [2.75, 3.05) is 13.1 Å². The fourth-order valence-electron chi connectivity index (χ4n) is 2.48. The second kappa shape index (κ2) is 6.87. The Bertz CT molecular complexity index is 516. The SMILES string of the molecule is Cn1c(Cl)cnc1CN1CCC(NC(=O)OC(C)(C)C)CC1. The van der Waals surface area contributed by atoms with E-state index in [-0.39, 0.29) is 12.1 Å². The van der Waals surface area contributed by atoms with E-state index in [1.54, 1.807) is 6.20 Å². The number of alkyl carbamates (subject to hydrolysis) is 1. The Balaban J connectivity index is 1.76. The van der Waals surface area contributed by atoms with Gasteiger partial charge in [0.05, 0.1) is 12.7 Å². The molecule has 7 heteroatoms. The molecule has 0 radical (unpaired) electrons. The van der Waals surface area contributed by atoms with Crippen molar-refractivity contribution in [2.45, 2.75) is 51.8 Å². The maximum atomic E-state index is 11.8. The van der Waals surface area contributed by atoms with Gasteiger partial charge in [0.15, 0.2) is 0 Å². The van der Waals surface area contributed by atoms with Crippen LogP contribution >= 0.6 is 11.6 Å². The molecule has 0 saturated carbocycles. The number of nitrogens with one attached hydrogen (secondary N) is 1. The third-order valence-electron chi connectivity index (χ3n) is 3.70. The molecule has 1 aromatic heterocycles. The molecule has 1 saturated heterocycles. The summed E-state index contributed by atoms with van der Waals surface area (Å²) in [5.74, 6) is 0.962. The van der Waals surface area contributed by atoms with Crippen LogP contribution in [0.4, 0.5) is 4.79 Å². The highest BCUT2D eigenvalue weighted by Crippen LogP contribution is 2.16. The van der Waals surface area contributed by atoms with E-state index in [0.29, 0.717) is 5.15 Å². The van der Waals surface area contributed by atoms with E-state index in [2.05, 4.69) is 15.2 Å². The number of hydrogen-bond donors (Lipinski definition) is 1. The van der Waals surface area contributed by atoms with Crippen LogP contribution in [-0.4, -0.2) is 45.3 Å². The Morgan fingerprint density at radius 1 is 1.45 bits per heavy atom. The minimum atomic E-state index is -0.456. The first kappa shape index (κ1) is 17.1. The highest BCUT2D eigenvalue weighted by molar-refractivity contribution is 6.29. The monoisotopic (exact) mass is 328 g/mol. The summed E-state index contributed by atoms with van der Waals surface area (Å²) in [5, 5.41) is 3.60. The molecule has 1 aliphatic rings. The summed E-state index contributed by atoms with van der Waals surface area (Å²) in [6.07, 6.45) is 3.17. The van der Waals surface area contributed by atoms with Crippen LogP contribution in [-0.2, 0) is 18.3 Å². The Morgan fingerprint density at radius 3 is 2.59 bits per heavy atom. The molecule has 0 unspecified atom stereocenters. The highest BCUT2D eigenvalue weighted by Gasteiger charge is 2.24.